The molecule has 0 fully saturated rings. The summed E-state index contributed by atoms with van der Waals surface area (Å²) >= 11 is 3.42. The van der Waals surface area contributed by atoms with Crippen LogP contribution >= 0.6 is 15.9 Å². The molecule has 0 aliphatic carbocycles. The van der Waals surface area contributed by atoms with Crippen LogP contribution in [0.4, 0.5) is 0 Å². The Morgan fingerprint density at radius 1 is 1.50 bits per heavy atom. The predicted molar refractivity (Wildman–Crippen MR) is 79.0 cm³/mol. The van der Waals surface area contributed by atoms with Gasteiger partial charge in [0.2, 0.25) is 0 Å². The highest BCUT2D eigenvalue weighted by Gasteiger charge is 2.26. The second-order valence-corrected chi connectivity index (χ2v) is 5.39. The van der Waals surface area contributed by atoms with Crippen molar-refractivity contribution in [2.24, 2.45) is 0 Å². The van der Waals surface area contributed by atoms with Crippen molar-refractivity contribution in [1.82, 2.24) is 15.1 Å². The predicted octanol–water partition coefficient (Wildman–Crippen LogP) is 2.52. The first kappa shape index (κ1) is 14.7. The van der Waals surface area contributed by atoms with Gasteiger partial charge >= 0.3 is 5.97 Å². The van der Waals surface area contributed by atoms with E-state index in [-0.39, 0.29) is 5.97 Å². The Bertz CT molecular complexity index is 572. The zero-order chi connectivity index (χ0) is 14.5. The monoisotopic (exact) mass is 337 g/mol. The van der Waals surface area contributed by atoms with Crippen LogP contribution in [0.25, 0.3) is 0 Å². The molecule has 0 aliphatic rings. The number of carbonyl (C=O) groups is 1. The van der Waals surface area contributed by atoms with Crippen molar-refractivity contribution in [2.45, 2.75) is 12.6 Å². The number of likely N-dealkylation sites (N-methyl/N-ethyl adjacent to an activating group) is 1. The van der Waals surface area contributed by atoms with E-state index in [1.807, 2.05) is 42.3 Å². The summed E-state index contributed by atoms with van der Waals surface area (Å²) in [4.78, 5) is 14.0. The van der Waals surface area contributed by atoms with E-state index in [1.54, 1.807) is 6.20 Å². The molecule has 0 aliphatic heterocycles. The Hall–Kier alpha value is -1.66. The van der Waals surface area contributed by atoms with E-state index in [1.165, 1.54) is 7.11 Å². The molecule has 0 saturated heterocycles. The molecule has 0 radical (unpaired) electrons. The summed E-state index contributed by atoms with van der Waals surface area (Å²) in [5.41, 5.74) is 1.82. The fourth-order valence-electron chi connectivity index (χ4n) is 2.09. The van der Waals surface area contributed by atoms with Gasteiger partial charge in [0.25, 0.3) is 0 Å². The minimum absolute atomic E-state index is 0.287. The average Bonchev–Trinajstić information content (AvgIpc) is 2.91. The van der Waals surface area contributed by atoms with Gasteiger partial charge in [0.15, 0.2) is 0 Å². The summed E-state index contributed by atoms with van der Waals surface area (Å²) in [5, 5.41) is 6.80. The lowest BCUT2D eigenvalue weighted by Gasteiger charge is -2.25. The second kappa shape index (κ2) is 6.67. The Morgan fingerprint density at radius 3 is 2.90 bits per heavy atom. The van der Waals surface area contributed by atoms with Gasteiger partial charge in [-0.15, -0.1) is 0 Å². The number of ether oxygens (including phenoxy) is 1. The quantitative estimate of drug-likeness (QED) is 0.851. The van der Waals surface area contributed by atoms with E-state index in [9.17, 15) is 4.79 Å². The number of hydrogen-bond donors (Lipinski definition) is 1. The van der Waals surface area contributed by atoms with Gasteiger partial charge in [-0.1, -0.05) is 28.1 Å². The summed E-state index contributed by atoms with van der Waals surface area (Å²) in [7, 11) is 3.28. The molecule has 106 valence electrons. The van der Waals surface area contributed by atoms with Gasteiger partial charge in [-0.3, -0.25) is 10.00 Å². The first-order chi connectivity index (χ1) is 9.61. The van der Waals surface area contributed by atoms with Crippen LogP contribution < -0.4 is 0 Å². The molecule has 0 bridgehead atoms. The SMILES string of the molecule is COC(=O)[C@@H](c1cccc(Br)c1)N(C)Cc1ccn[nH]1. The molecule has 1 aromatic carbocycles. The topological polar surface area (TPSA) is 58.2 Å². The van der Waals surface area contributed by atoms with Crippen LogP contribution in [0.2, 0.25) is 0 Å². The lowest BCUT2D eigenvalue weighted by Crippen LogP contribution is -2.31. The summed E-state index contributed by atoms with van der Waals surface area (Å²) in [5.74, 6) is -0.287. The molecule has 20 heavy (non-hydrogen) atoms. The van der Waals surface area contributed by atoms with Crippen molar-refractivity contribution in [2.75, 3.05) is 14.2 Å². The minimum Gasteiger partial charge on any atom is -0.468 e. The lowest BCUT2D eigenvalue weighted by atomic mass is 10.1. The number of H-pyrrole nitrogens is 1. The molecule has 1 atom stereocenters. The standard InChI is InChI=1S/C14H16BrN3O2/c1-18(9-12-6-7-16-17-12)13(14(19)20-2)10-4-3-5-11(15)8-10/h3-8,13H,9H2,1-2H3,(H,16,17)/t13-/m1/s1. The molecule has 1 N–H and O–H groups in total. The Morgan fingerprint density at radius 2 is 2.30 bits per heavy atom. The third-order valence-electron chi connectivity index (χ3n) is 3.01. The molecule has 1 aromatic heterocycles. The van der Waals surface area contributed by atoms with Gasteiger partial charge in [-0.2, -0.15) is 5.10 Å². The van der Waals surface area contributed by atoms with E-state index in [0.717, 1.165) is 15.7 Å². The van der Waals surface area contributed by atoms with Crippen LogP contribution in [0, 0.1) is 0 Å². The molecule has 1 heterocycles. The number of aromatic amines is 1. The van der Waals surface area contributed by atoms with E-state index >= 15 is 0 Å². The van der Waals surface area contributed by atoms with Crippen LogP contribution in [-0.2, 0) is 16.1 Å². The zero-order valence-corrected chi connectivity index (χ0v) is 12.9. The molecule has 0 saturated carbocycles. The number of nitrogens with one attached hydrogen (secondary N) is 1. The number of esters is 1. The summed E-state index contributed by atoms with van der Waals surface area (Å²) < 4.78 is 5.85. The summed E-state index contributed by atoms with van der Waals surface area (Å²) in [6.07, 6.45) is 1.69. The van der Waals surface area contributed by atoms with Gasteiger partial charge in [0.05, 0.1) is 7.11 Å². The number of benzene rings is 1. The number of aromatic nitrogens is 2. The van der Waals surface area contributed by atoms with E-state index in [2.05, 4.69) is 26.1 Å². The van der Waals surface area contributed by atoms with Crippen molar-refractivity contribution < 1.29 is 9.53 Å². The number of nitrogens with zero attached hydrogens (tertiary/aromatic N) is 2. The normalized spacial score (nSPS) is 12.4. The number of rotatable bonds is 5. The highest BCUT2D eigenvalue weighted by atomic mass is 79.9. The lowest BCUT2D eigenvalue weighted by molar-refractivity contribution is -0.147. The molecule has 0 amide bonds. The van der Waals surface area contributed by atoms with Gasteiger partial charge in [0, 0.05) is 22.9 Å². The maximum absolute atomic E-state index is 12.1. The van der Waals surface area contributed by atoms with Crippen LogP contribution in [0.15, 0.2) is 41.0 Å². The molecule has 0 unspecified atom stereocenters. The van der Waals surface area contributed by atoms with Gasteiger partial charge in [-0.25, -0.2) is 4.79 Å². The molecule has 2 aromatic rings. The van der Waals surface area contributed by atoms with Crippen LogP contribution in [0.1, 0.15) is 17.3 Å². The highest BCUT2D eigenvalue weighted by molar-refractivity contribution is 9.10. The van der Waals surface area contributed by atoms with Gasteiger partial charge in [-0.05, 0) is 30.8 Å². The first-order valence-corrected chi connectivity index (χ1v) is 6.93. The highest BCUT2D eigenvalue weighted by Crippen LogP contribution is 2.25. The fraction of sp³-hybridized carbons (Fsp3) is 0.286. The van der Waals surface area contributed by atoms with Crippen molar-refractivity contribution in [3.05, 3.63) is 52.3 Å². The van der Waals surface area contributed by atoms with Crippen LogP contribution in [0.3, 0.4) is 0 Å². The molecule has 6 heteroatoms. The number of halogens is 1. The maximum atomic E-state index is 12.1. The van der Waals surface area contributed by atoms with Gasteiger partial charge in [0.1, 0.15) is 6.04 Å². The molecule has 5 nitrogen and oxygen atoms in total. The zero-order valence-electron chi connectivity index (χ0n) is 11.3. The smallest absolute Gasteiger partial charge is 0.327 e. The third-order valence-corrected chi connectivity index (χ3v) is 3.50. The number of methoxy groups -OCH3 is 1. The first-order valence-electron chi connectivity index (χ1n) is 6.13. The van der Waals surface area contributed by atoms with E-state index in [0.29, 0.717) is 6.54 Å². The average molecular weight is 338 g/mol. The Labute approximate surface area is 126 Å². The summed E-state index contributed by atoms with van der Waals surface area (Å²) in [6, 6.07) is 9.08. The molecule has 2 rings (SSSR count). The molecular formula is C14H16BrN3O2. The van der Waals surface area contributed by atoms with Crippen molar-refractivity contribution >= 4 is 21.9 Å². The minimum atomic E-state index is -0.458. The Kier molecular flexibility index (Phi) is 4.92. The third kappa shape index (κ3) is 3.46. The molecular weight excluding hydrogens is 322 g/mol. The second-order valence-electron chi connectivity index (χ2n) is 4.48. The van der Waals surface area contributed by atoms with Crippen molar-refractivity contribution in [1.29, 1.82) is 0 Å². The maximum Gasteiger partial charge on any atom is 0.327 e. The summed E-state index contributed by atoms with van der Waals surface area (Å²) in [6.45, 7) is 0.576. The number of carbonyl (C=O) groups excluding carboxylic acids is 1. The largest absolute Gasteiger partial charge is 0.468 e. The van der Waals surface area contributed by atoms with E-state index < -0.39 is 6.04 Å². The van der Waals surface area contributed by atoms with Crippen LogP contribution in [-0.4, -0.2) is 35.2 Å². The number of hydrogen-bond acceptors (Lipinski definition) is 4. The van der Waals surface area contributed by atoms with Gasteiger partial charge < -0.3 is 4.74 Å². The van der Waals surface area contributed by atoms with E-state index in [4.69, 9.17) is 4.74 Å². The molecule has 0 spiro atoms. The van der Waals surface area contributed by atoms with Crippen LogP contribution in [0.5, 0.6) is 0 Å². The van der Waals surface area contributed by atoms with Crippen molar-refractivity contribution in [3.8, 4) is 0 Å². The fourth-order valence-corrected chi connectivity index (χ4v) is 2.51. The van der Waals surface area contributed by atoms with Crippen molar-refractivity contribution in [3.63, 3.8) is 0 Å². The Balaban J connectivity index is 2.25.